The predicted molar refractivity (Wildman–Crippen MR) is 69.2 cm³/mol. The van der Waals surface area contributed by atoms with Crippen molar-refractivity contribution in [3.63, 3.8) is 0 Å². The fourth-order valence-corrected chi connectivity index (χ4v) is 3.08. The number of hydrogen-bond donors (Lipinski definition) is 1. The summed E-state index contributed by atoms with van der Waals surface area (Å²) in [5, 5.41) is 3.43. The first-order chi connectivity index (χ1) is 8.21. The summed E-state index contributed by atoms with van der Waals surface area (Å²) >= 11 is 0. The van der Waals surface area contributed by atoms with Crippen LogP contribution in [0.2, 0.25) is 0 Å². The molecular weight excluding hydrogens is 212 g/mol. The summed E-state index contributed by atoms with van der Waals surface area (Å²) in [5.74, 6) is 0.889. The molecule has 1 fully saturated rings. The summed E-state index contributed by atoms with van der Waals surface area (Å²) < 4.78 is 5.43. The van der Waals surface area contributed by atoms with Crippen LogP contribution in [0.1, 0.15) is 44.3 Å². The summed E-state index contributed by atoms with van der Waals surface area (Å²) in [6, 6.07) is 4.19. The van der Waals surface area contributed by atoms with Gasteiger partial charge in [-0.2, -0.15) is 0 Å². The molecule has 0 saturated heterocycles. The Kier molecular flexibility index (Phi) is 3.67. The van der Waals surface area contributed by atoms with Crippen LogP contribution in [0, 0.1) is 5.41 Å². The summed E-state index contributed by atoms with van der Waals surface area (Å²) in [6.45, 7) is 2.36. The Morgan fingerprint density at radius 1 is 1.41 bits per heavy atom. The molecule has 1 aromatic heterocycles. The van der Waals surface area contributed by atoms with Gasteiger partial charge in [-0.15, -0.1) is 0 Å². The predicted octanol–water partition coefficient (Wildman–Crippen LogP) is 2.93. The average molecular weight is 234 g/mol. The number of aromatic nitrogens is 1. The van der Waals surface area contributed by atoms with E-state index in [0.717, 1.165) is 11.4 Å². The lowest BCUT2D eigenvalue weighted by Crippen LogP contribution is -2.33. The van der Waals surface area contributed by atoms with Crippen molar-refractivity contribution in [2.45, 2.75) is 38.6 Å². The fourth-order valence-electron chi connectivity index (χ4n) is 3.08. The third-order valence-electron chi connectivity index (χ3n) is 4.02. The first kappa shape index (κ1) is 12.4. The maximum absolute atomic E-state index is 5.43. The van der Waals surface area contributed by atoms with Crippen LogP contribution in [0.25, 0.3) is 0 Å². The maximum Gasteiger partial charge on any atom is 0.142 e. The highest BCUT2D eigenvalue weighted by molar-refractivity contribution is 5.31. The molecule has 0 bridgehead atoms. The number of methoxy groups -OCH3 is 1. The van der Waals surface area contributed by atoms with E-state index in [0.29, 0.717) is 5.41 Å². The molecule has 3 nitrogen and oxygen atoms in total. The SMILES string of the molecule is CNC(c1ncccc1OC)C1(C)CCCC1. The van der Waals surface area contributed by atoms with E-state index in [9.17, 15) is 0 Å². The smallest absolute Gasteiger partial charge is 0.142 e. The van der Waals surface area contributed by atoms with Crippen LogP contribution in [0.15, 0.2) is 18.3 Å². The number of nitrogens with one attached hydrogen (secondary N) is 1. The molecule has 2 rings (SSSR count). The largest absolute Gasteiger partial charge is 0.495 e. The van der Waals surface area contributed by atoms with Gasteiger partial charge in [0.25, 0.3) is 0 Å². The van der Waals surface area contributed by atoms with Crippen molar-refractivity contribution in [1.29, 1.82) is 0 Å². The minimum absolute atomic E-state index is 0.279. The Bertz CT molecular complexity index is 372. The molecule has 1 aliphatic rings. The Morgan fingerprint density at radius 3 is 2.71 bits per heavy atom. The topological polar surface area (TPSA) is 34.2 Å². The average Bonchev–Trinajstić information content (AvgIpc) is 2.78. The second-order valence-corrected chi connectivity index (χ2v) is 5.17. The highest BCUT2D eigenvalue weighted by atomic mass is 16.5. The van der Waals surface area contributed by atoms with Crippen molar-refractivity contribution in [1.82, 2.24) is 10.3 Å². The van der Waals surface area contributed by atoms with Crippen LogP contribution >= 0.6 is 0 Å². The van der Waals surface area contributed by atoms with Crippen LogP contribution in [0.5, 0.6) is 5.75 Å². The Balaban J connectivity index is 2.34. The molecule has 0 amide bonds. The van der Waals surface area contributed by atoms with Crippen LogP contribution in [0.3, 0.4) is 0 Å². The van der Waals surface area contributed by atoms with E-state index in [1.807, 2.05) is 25.4 Å². The van der Waals surface area contributed by atoms with Crippen molar-refractivity contribution in [2.24, 2.45) is 5.41 Å². The first-order valence-corrected chi connectivity index (χ1v) is 6.37. The molecule has 1 aliphatic carbocycles. The summed E-state index contributed by atoms with van der Waals surface area (Å²) in [7, 11) is 3.73. The molecule has 1 heterocycles. The molecule has 1 unspecified atom stereocenters. The molecule has 1 atom stereocenters. The quantitative estimate of drug-likeness (QED) is 0.869. The fraction of sp³-hybridized carbons (Fsp3) is 0.643. The van der Waals surface area contributed by atoms with E-state index < -0.39 is 0 Å². The lowest BCUT2D eigenvalue weighted by molar-refractivity contribution is 0.223. The maximum atomic E-state index is 5.43. The molecule has 17 heavy (non-hydrogen) atoms. The third-order valence-corrected chi connectivity index (χ3v) is 4.02. The minimum atomic E-state index is 0.279. The van der Waals surface area contributed by atoms with E-state index >= 15 is 0 Å². The van der Waals surface area contributed by atoms with Crippen LogP contribution in [0.4, 0.5) is 0 Å². The zero-order chi connectivity index (χ0) is 12.3. The Hall–Kier alpha value is -1.09. The second-order valence-electron chi connectivity index (χ2n) is 5.17. The van der Waals surface area contributed by atoms with Gasteiger partial charge in [-0.1, -0.05) is 19.8 Å². The van der Waals surface area contributed by atoms with Crippen LogP contribution in [-0.2, 0) is 0 Å². The van der Waals surface area contributed by atoms with E-state index in [-0.39, 0.29) is 6.04 Å². The van der Waals surface area contributed by atoms with Crippen molar-refractivity contribution >= 4 is 0 Å². The van der Waals surface area contributed by atoms with E-state index in [1.54, 1.807) is 7.11 Å². The Labute approximate surface area is 104 Å². The molecular formula is C14H22N2O. The van der Waals surface area contributed by atoms with E-state index in [2.05, 4.69) is 17.2 Å². The molecule has 1 aromatic rings. The molecule has 0 spiro atoms. The van der Waals surface area contributed by atoms with Gasteiger partial charge in [-0.3, -0.25) is 4.98 Å². The zero-order valence-electron chi connectivity index (χ0n) is 11.0. The van der Waals surface area contributed by atoms with Crippen molar-refractivity contribution in [3.05, 3.63) is 24.0 Å². The van der Waals surface area contributed by atoms with Gasteiger partial charge in [0.15, 0.2) is 0 Å². The summed E-state index contributed by atoms with van der Waals surface area (Å²) in [5.41, 5.74) is 1.35. The standard InChI is InChI=1S/C14H22N2O/c1-14(8-4-5-9-14)13(15-2)12-11(17-3)7-6-10-16-12/h6-7,10,13,15H,4-5,8-9H2,1-3H3. The van der Waals surface area contributed by atoms with Crippen LogP contribution in [-0.4, -0.2) is 19.1 Å². The van der Waals surface area contributed by atoms with Gasteiger partial charge in [0.2, 0.25) is 0 Å². The molecule has 0 radical (unpaired) electrons. The number of rotatable bonds is 4. The molecule has 0 aromatic carbocycles. The van der Waals surface area contributed by atoms with Crippen LogP contribution < -0.4 is 10.1 Å². The number of nitrogens with zero attached hydrogens (tertiary/aromatic N) is 1. The zero-order valence-corrected chi connectivity index (χ0v) is 11.0. The Morgan fingerprint density at radius 2 is 2.12 bits per heavy atom. The van der Waals surface area contributed by atoms with E-state index in [4.69, 9.17) is 4.74 Å². The highest BCUT2D eigenvalue weighted by Crippen LogP contribution is 2.48. The summed E-state index contributed by atoms with van der Waals surface area (Å²) in [6.07, 6.45) is 7.02. The number of hydrogen-bond acceptors (Lipinski definition) is 3. The molecule has 0 aliphatic heterocycles. The van der Waals surface area contributed by atoms with Crippen molar-refractivity contribution in [2.75, 3.05) is 14.2 Å². The summed E-state index contributed by atoms with van der Waals surface area (Å²) in [4.78, 5) is 4.52. The molecule has 94 valence electrons. The van der Waals surface area contributed by atoms with E-state index in [1.165, 1.54) is 25.7 Å². The monoisotopic (exact) mass is 234 g/mol. The molecule has 1 N–H and O–H groups in total. The molecule has 1 saturated carbocycles. The van der Waals surface area contributed by atoms with Crippen molar-refractivity contribution in [3.8, 4) is 5.75 Å². The third kappa shape index (κ3) is 2.29. The highest BCUT2D eigenvalue weighted by Gasteiger charge is 2.38. The van der Waals surface area contributed by atoms with Gasteiger partial charge in [0.05, 0.1) is 18.8 Å². The lowest BCUT2D eigenvalue weighted by Gasteiger charge is -2.34. The van der Waals surface area contributed by atoms with Gasteiger partial charge in [-0.25, -0.2) is 0 Å². The number of pyridine rings is 1. The first-order valence-electron chi connectivity index (χ1n) is 6.37. The van der Waals surface area contributed by atoms with Gasteiger partial charge in [-0.05, 0) is 37.4 Å². The van der Waals surface area contributed by atoms with Gasteiger partial charge in [0.1, 0.15) is 5.75 Å². The molecule has 3 heteroatoms. The minimum Gasteiger partial charge on any atom is -0.495 e. The van der Waals surface area contributed by atoms with Gasteiger partial charge >= 0.3 is 0 Å². The normalized spacial score (nSPS) is 20.2. The van der Waals surface area contributed by atoms with Crippen molar-refractivity contribution < 1.29 is 4.74 Å². The lowest BCUT2D eigenvalue weighted by atomic mass is 9.78. The van der Waals surface area contributed by atoms with Gasteiger partial charge < -0.3 is 10.1 Å². The number of ether oxygens (including phenoxy) is 1. The second kappa shape index (κ2) is 5.05. The van der Waals surface area contributed by atoms with Gasteiger partial charge in [0, 0.05) is 6.20 Å².